The third-order valence-electron chi connectivity index (χ3n) is 5.58. The molecule has 0 unspecified atom stereocenters. The number of piperidine rings is 2. The molecule has 0 spiro atoms. The van der Waals surface area contributed by atoms with E-state index in [0.717, 1.165) is 0 Å². The maximum atomic E-state index is 5.05. The van der Waals surface area contributed by atoms with Gasteiger partial charge in [-0.3, -0.25) is 0 Å². The van der Waals surface area contributed by atoms with Gasteiger partial charge in [0.25, 0.3) is 0 Å². The van der Waals surface area contributed by atoms with Crippen molar-refractivity contribution in [2.24, 2.45) is 0 Å². The van der Waals surface area contributed by atoms with E-state index in [1.54, 1.807) is 0 Å². The topological polar surface area (TPSA) is 35.9 Å². The fourth-order valence-corrected chi connectivity index (χ4v) is 12.2. The summed E-state index contributed by atoms with van der Waals surface area (Å²) in [4.78, 5) is 14.5. The first-order chi connectivity index (χ1) is 13.6. The summed E-state index contributed by atoms with van der Waals surface area (Å²) in [7, 11) is -2.71. The van der Waals surface area contributed by atoms with E-state index in [2.05, 4.69) is 72.6 Å². The zero-order chi connectivity index (χ0) is 23.1. The molecule has 0 bridgehead atoms. The molecular weight excluding hydrogens is 414 g/mol. The molecule has 0 aliphatic carbocycles. The van der Waals surface area contributed by atoms with Crippen molar-refractivity contribution in [2.75, 3.05) is 38.5 Å². The minimum absolute atomic E-state index is 0. The molecule has 2 fully saturated rings. The van der Waals surface area contributed by atoms with Crippen LogP contribution in [0.1, 0.15) is 80.1 Å². The van der Waals surface area contributed by atoms with Gasteiger partial charge in [-0.15, -0.1) is 11.1 Å². The quantitative estimate of drug-likeness (QED) is 0.517. The number of quaternary nitrogens is 1. The summed E-state index contributed by atoms with van der Waals surface area (Å²) in [6.07, 6.45) is 11.1. The first kappa shape index (κ1) is 35.6. The second kappa shape index (κ2) is 15.6. The Morgan fingerprint density at radius 3 is 1.50 bits per heavy atom. The molecule has 32 heavy (non-hydrogen) atoms. The van der Waals surface area contributed by atoms with Gasteiger partial charge in [0, 0.05) is 14.4 Å². The second-order valence-corrected chi connectivity index (χ2v) is 21.4. The van der Waals surface area contributed by atoms with E-state index < -0.39 is 16.5 Å². The minimum Gasteiger partial charge on any atom is -0.659 e. The smallest absolute Gasteiger partial charge is 0.659 e. The van der Waals surface area contributed by atoms with Crippen molar-refractivity contribution in [3.8, 4) is 0 Å². The number of likely N-dealkylation sites (tertiary alicyclic amines) is 2. The molecule has 4 nitrogen and oxygen atoms in total. The van der Waals surface area contributed by atoms with Crippen LogP contribution in [-0.4, -0.2) is 71.0 Å². The number of hydrogen-bond acceptors (Lipinski definition) is 1. The van der Waals surface area contributed by atoms with E-state index in [1.165, 1.54) is 77.0 Å². The van der Waals surface area contributed by atoms with Crippen LogP contribution in [0.2, 0.25) is 26.2 Å². The van der Waals surface area contributed by atoms with Gasteiger partial charge in [0.05, 0.1) is 13.1 Å². The average Bonchev–Trinajstić information content (AvgIpc) is 2.51. The van der Waals surface area contributed by atoms with Crippen LogP contribution in [0.4, 0.5) is 0 Å². The van der Waals surface area contributed by atoms with Crippen molar-refractivity contribution < 1.29 is 42.6 Å². The van der Waals surface area contributed by atoms with E-state index in [-0.39, 0.29) is 48.8 Å². The second-order valence-electron chi connectivity index (χ2n) is 13.0. The van der Waals surface area contributed by atoms with Crippen LogP contribution >= 0.6 is 0 Å². The maximum Gasteiger partial charge on any atom is 1.00 e. The Bertz CT molecular complexity index is 435. The summed E-state index contributed by atoms with van der Waals surface area (Å²) in [5.41, 5.74) is 0.302. The van der Waals surface area contributed by atoms with Crippen LogP contribution in [0.5, 0.6) is 0 Å². The average molecular weight is 470 g/mol. The maximum absolute atomic E-state index is 5.05. The molecule has 2 rings (SSSR count). The Labute approximate surface area is 228 Å². The molecule has 0 saturated carbocycles. The Kier molecular flexibility index (Phi) is 17.3. The van der Waals surface area contributed by atoms with Gasteiger partial charge in [0.15, 0.2) is 0 Å². The molecule has 0 atom stereocenters. The Balaban J connectivity index is 0. The van der Waals surface area contributed by atoms with Gasteiger partial charge in [0.2, 0.25) is 0 Å². The molecule has 8 heteroatoms. The fourth-order valence-electron chi connectivity index (χ4n) is 5.40. The van der Waals surface area contributed by atoms with Crippen LogP contribution < -0.4 is 42.6 Å². The van der Waals surface area contributed by atoms with Gasteiger partial charge in [0.1, 0.15) is 0 Å². The largest absolute Gasteiger partial charge is 1.00 e. The van der Waals surface area contributed by atoms with Gasteiger partial charge in [-0.2, -0.15) is 0 Å². The molecule has 0 aromatic carbocycles. The van der Waals surface area contributed by atoms with Gasteiger partial charge in [-0.25, -0.2) is 0 Å². The predicted molar refractivity (Wildman–Crippen MR) is 141 cm³/mol. The number of nitrogens with zero attached hydrogens (tertiary/aromatic N) is 3. The van der Waals surface area contributed by atoms with E-state index in [1.807, 2.05) is 4.90 Å². The van der Waals surface area contributed by atoms with E-state index in [9.17, 15) is 0 Å². The standard InChI is InChI=1S/2C12H27N2Si.2Li/c2*1-12(2,3)13-15(4,5)11-14-9-7-6-8-10-14;;/h2*6-11H2,1-5H3;;/q2*-1;2*+1/p+1. The molecule has 0 aromatic rings. The number of nitrogens with one attached hydrogen (secondary N) is 1. The molecular formula is C24H55Li2N4Si2+. The van der Waals surface area contributed by atoms with Crippen LogP contribution in [0.25, 0.3) is 9.96 Å². The molecule has 0 aromatic heterocycles. The van der Waals surface area contributed by atoms with Gasteiger partial charge in [-0.05, 0) is 59.6 Å². The fraction of sp³-hybridized carbons (Fsp3) is 1.00. The summed E-state index contributed by atoms with van der Waals surface area (Å²) in [5, 5.41) is 0. The van der Waals surface area contributed by atoms with Gasteiger partial charge < -0.3 is 19.8 Å². The summed E-state index contributed by atoms with van der Waals surface area (Å²) < 4.78 is 0. The number of hydrogen-bond donors (Lipinski definition) is 1. The molecule has 0 amide bonds. The van der Waals surface area contributed by atoms with Crippen molar-refractivity contribution in [1.82, 2.24) is 4.90 Å². The minimum atomic E-state index is -1.38. The van der Waals surface area contributed by atoms with Crippen molar-refractivity contribution in [1.29, 1.82) is 0 Å². The molecule has 1 N–H and O–H groups in total. The van der Waals surface area contributed by atoms with Crippen molar-refractivity contribution in [3.05, 3.63) is 9.96 Å². The van der Waals surface area contributed by atoms with E-state index in [0.29, 0.717) is 0 Å². The van der Waals surface area contributed by atoms with Crippen LogP contribution in [0.15, 0.2) is 0 Å². The zero-order valence-electron chi connectivity index (χ0n) is 24.3. The Morgan fingerprint density at radius 1 is 0.656 bits per heavy atom. The third-order valence-corrected chi connectivity index (χ3v) is 10.7. The molecule has 2 aliphatic rings. The molecule has 180 valence electrons. The van der Waals surface area contributed by atoms with Crippen LogP contribution in [0.3, 0.4) is 0 Å². The molecule has 2 heterocycles. The molecule has 2 aliphatic heterocycles. The van der Waals surface area contributed by atoms with Gasteiger partial charge in [-0.1, -0.05) is 74.2 Å². The Hall–Kier alpha value is 1.47. The zero-order valence-corrected chi connectivity index (χ0v) is 26.3. The van der Waals surface area contributed by atoms with Gasteiger partial charge >= 0.3 is 37.7 Å². The predicted octanol–water partition coefficient (Wildman–Crippen LogP) is -0.631. The summed E-state index contributed by atoms with van der Waals surface area (Å²) >= 11 is 0. The van der Waals surface area contributed by atoms with E-state index in [4.69, 9.17) is 9.96 Å². The summed E-state index contributed by atoms with van der Waals surface area (Å²) in [6, 6.07) is 0. The van der Waals surface area contributed by atoms with Crippen molar-refractivity contribution in [3.63, 3.8) is 0 Å². The first-order valence-corrected chi connectivity index (χ1v) is 18.9. The Morgan fingerprint density at radius 2 is 1.06 bits per heavy atom. The molecule has 2 saturated heterocycles. The normalized spacial score (nSPS) is 19.3. The number of rotatable bonds is 6. The summed E-state index contributed by atoms with van der Waals surface area (Å²) in [5.74, 6) is 0. The van der Waals surface area contributed by atoms with Crippen molar-refractivity contribution >= 4 is 16.5 Å². The van der Waals surface area contributed by atoms with Crippen LogP contribution in [0, 0.1) is 0 Å². The first-order valence-electron chi connectivity index (χ1n) is 12.6. The van der Waals surface area contributed by atoms with E-state index >= 15 is 0 Å². The van der Waals surface area contributed by atoms with Crippen molar-refractivity contribution in [2.45, 2.75) is 117 Å². The third kappa shape index (κ3) is 18.8. The van der Waals surface area contributed by atoms with Crippen LogP contribution in [-0.2, 0) is 0 Å². The summed E-state index contributed by atoms with van der Waals surface area (Å²) in [6.45, 7) is 28.3. The SMILES string of the molecule is CC(C)(C)[N-][Si](C)(C)CN1CCCCC1.CC(C)(C)[N-][Si](C)(C)C[NH+]1CCCCC1.[Li+].[Li+]. The molecule has 0 radical (unpaired) electrons. The monoisotopic (exact) mass is 469 g/mol.